The van der Waals surface area contributed by atoms with Crippen molar-refractivity contribution in [3.63, 3.8) is 0 Å². The molecule has 0 aliphatic carbocycles. The van der Waals surface area contributed by atoms with E-state index in [0.29, 0.717) is 17.6 Å². The van der Waals surface area contributed by atoms with Crippen molar-refractivity contribution in [2.45, 2.75) is 58.2 Å². The number of carbonyl (C=O) groups is 1. The molecule has 1 amide bonds. The molecule has 1 aliphatic heterocycles. The number of likely N-dealkylation sites (tertiary alicyclic amines) is 1. The zero-order valence-electron chi connectivity index (χ0n) is 14.6. The van der Waals surface area contributed by atoms with Gasteiger partial charge in [-0.2, -0.15) is 0 Å². The van der Waals surface area contributed by atoms with E-state index < -0.39 is 5.60 Å². The van der Waals surface area contributed by atoms with Crippen LogP contribution in [0.1, 0.15) is 45.6 Å². The van der Waals surface area contributed by atoms with Crippen LogP contribution in [-0.4, -0.2) is 35.7 Å². The summed E-state index contributed by atoms with van der Waals surface area (Å²) in [6, 6.07) is 5.23. The largest absolute Gasteiger partial charge is 0.444 e. The maximum absolute atomic E-state index is 13.3. The van der Waals surface area contributed by atoms with Gasteiger partial charge in [0.15, 0.2) is 0 Å². The van der Waals surface area contributed by atoms with Crippen LogP contribution < -0.4 is 5.32 Å². The molecule has 6 heteroatoms. The van der Waals surface area contributed by atoms with Crippen LogP contribution in [0.5, 0.6) is 0 Å². The first-order chi connectivity index (χ1) is 11.2. The number of nitrogens with zero attached hydrogens (tertiary/aromatic N) is 1. The Morgan fingerprint density at radius 3 is 2.83 bits per heavy atom. The quantitative estimate of drug-likeness (QED) is 0.813. The summed E-state index contributed by atoms with van der Waals surface area (Å²) in [7, 11) is 0. The highest BCUT2D eigenvalue weighted by Gasteiger charge is 2.26. The van der Waals surface area contributed by atoms with Gasteiger partial charge in [0, 0.05) is 25.7 Å². The SMILES string of the molecule is CC(C)(C)OC(=O)N1CCCCC(NCc2ccc(F)c(Br)c2)C1. The van der Waals surface area contributed by atoms with Crippen LogP contribution in [0.4, 0.5) is 9.18 Å². The van der Waals surface area contributed by atoms with Crippen LogP contribution >= 0.6 is 15.9 Å². The minimum atomic E-state index is -0.479. The molecule has 1 heterocycles. The van der Waals surface area contributed by atoms with Crippen LogP contribution in [0, 0.1) is 5.82 Å². The molecule has 2 rings (SSSR count). The molecular weight excluding hydrogens is 375 g/mol. The average Bonchev–Trinajstić information content (AvgIpc) is 2.72. The molecule has 1 unspecified atom stereocenters. The van der Waals surface area contributed by atoms with E-state index in [1.165, 1.54) is 6.07 Å². The first kappa shape index (κ1) is 19.2. The Morgan fingerprint density at radius 1 is 1.42 bits per heavy atom. The molecule has 1 N–H and O–H groups in total. The van der Waals surface area contributed by atoms with E-state index >= 15 is 0 Å². The molecular formula is C18H26BrFN2O2. The van der Waals surface area contributed by atoms with E-state index in [4.69, 9.17) is 4.74 Å². The van der Waals surface area contributed by atoms with Gasteiger partial charge in [-0.15, -0.1) is 0 Å². The summed E-state index contributed by atoms with van der Waals surface area (Å²) < 4.78 is 19.3. The summed E-state index contributed by atoms with van der Waals surface area (Å²) in [6.45, 7) is 7.65. The second-order valence-electron chi connectivity index (χ2n) is 7.25. The van der Waals surface area contributed by atoms with Crippen molar-refractivity contribution in [3.8, 4) is 0 Å². The Hall–Kier alpha value is -1.14. The van der Waals surface area contributed by atoms with Gasteiger partial charge in [0.1, 0.15) is 11.4 Å². The van der Waals surface area contributed by atoms with Crippen molar-refractivity contribution in [1.29, 1.82) is 0 Å². The summed E-state index contributed by atoms with van der Waals surface area (Å²) >= 11 is 3.21. The predicted octanol–water partition coefficient (Wildman–Crippen LogP) is 4.47. The highest BCUT2D eigenvalue weighted by atomic mass is 79.9. The molecule has 1 saturated heterocycles. The lowest BCUT2D eigenvalue weighted by atomic mass is 10.1. The lowest BCUT2D eigenvalue weighted by Gasteiger charge is -2.28. The summed E-state index contributed by atoms with van der Waals surface area (Å²) in [6.07, 6.45) is 2.83. The molecule has 0 aromatic heterocycles. The number of carbonyl (C=O) groups excluding carboxylic acids is 1. The van der Waals surface area contributed by atoms with E-state index in [9.17, 15) is 9.18 Å². The summed E-state index contributed by atoms with van der Waals surface area (Å²) in [4.78, 5) is 14.1. The number of amides is 1. The van der Waals surface area contributed by atoms with E-state index in [1.807, 2.05) is 20.8 Å². The third kappa shape index (κ3) is 6.06. The lowest BCUT2D eigenvalue weighted by Crippen LogP contribution is -2.44. The number of hydrogen-bond donors (Lipinski definition) is 1. The Labute approximate surface area is 151 Å². The van der Waals surface area contributed by atoms with Gasteiger partial charge in [-0.1, -0.05) is 12.5 Å². The van der Waals surface area contributed by atoms with Crippen molar-refractivity contribution in [2.24, 2.45) is 0 Å². The molecule has 0 saturated carbocycles. The van der Waals surface area contributed by atoms with Crippen molar-refractivity contribution in [3.05, 3.63) is 34.1 Å². The Kier molecular flexibility index (Phi) is 6.63. The molecule has 1 fully saturated rings. The van der Waals surface area contributed by atoms with Gasteiger partial charge in [-0.3, -0.25) is 0 Å². The second-order valence-corrected chi connectivity index (χ2v) is 8.10. The van der Waals surface area contributed by atoms with Gasteiger partial charge >= 0.3 is 6.09 Å². The van der Waals surface area contributed by atoms with E-state index in [-0.39, 0.29) is 18.0 Å². The molecule has 1 aromatic carbocycles. The second kappa shape index (κ2) is 8.30. The summed E-state index contributed by atoms with van der Waals surface area (Å²) in [5.74, 6) is -0.260. The van der Waals surface area contributed by atoms with E-state index in [1.54, 1.807) is 17.0 Å². The molecule has 1 aliphatic rings. The molecule has 4 nitrogen and oxygen atoms in total. The zero-order chi connectivity index (χ0) is 17.7. The lowest BCUT2D eigenvalue weighted by molar-refractivity contribution is 0.0243. The van der Waals surface area contributed by atoms with Crippen LogP contribution in [0.25, 0.3) is 0 Å². The van der Waals surface area contributed by atoms with Gasteiger partial charge in [0.2, 0.25) is 0 Å². The van der Waals surface area contributed by atoms with Crippen molar-refractivity contribution in [1.82, 2.24) is 10.2 Å². The maximum atomic E-state index is 13.3. The molecule has 1 atom stereocenters. The minimum absolute atomic E-state index is 0.212. The number of rotatable bonds is 3. The molecule has 0 radical (unpaired) electrons. The zero-order valence-corrected chi connectivity index (χ0v) is 16.2. The fourth-order valence-electron chi connectivity index (χ4n) is 2.71. The van der Waals surface area contributed by atoms with E-state index in [0.717, 1.165) is 31.4 Å². The molecule has 0 bridgehead atoms. The van der Waals surface area contributed by atoms with Crippen LogP contribution in [-0.2, 0) is 11.3 Å². The average molecular weight is 401 g/mol. The first-order valence-electron chi connectivity index (χ1n) is 8.40. The first-order valence-corrected chi connectivity index (χ1v) is 9.19. The van der Waals surface area contributed by atoms with Crippen molar-refractivity contribution >= 4 is 22.0 Å². The van der Waals surface area contributed by atoms with Gasteiger partial charge < -0.3 is 15.0 Å². The Bertz CT molecular complexity index is 575. The molecule has 1 aromatic rings. The van der Waals surface area contributed by atoms with Crippen LogP contribution in [0.2, 0.25) is 0 Å². The van der Waals surface area contributed by atoms with Gasteiger partial charge in [-0.25, -0.2) is 9.18 Å². The predicted molar refractivity (Wildman–Crippen MR) is 96.4 cm³/mol. The van der Waals surface area contributed by atoms with Gasteiger partial charge in [0.25, 0.3) is 0 Å². The topological polar surface area (TPSA) is 41.6 Å². The van der Waals surface area contributed by atoms with E-state index in [2.05, 4.69) is 21.2 Å². The fraction of sp³-hybridized carbons (Fsp3) is 0.611. The fourth-order valence-corrected chi connectivity index (χ4v) is 3.14. The number of ether oxygens (including phenoxy) is 1. The van der Waals surface area contributed by atoms with Gasteiger partial charge in [0.05, 0.1) is 4.47 Å². The molecule has 134 valence electrons. The minimum Gasteiger partial charge on any atom is -0.444 e. The number of nitrogens with one attached hydrogen (secondary N) is 1. The molecule has 24 heavy (non-hydrogen) atoms. The monoisotopic (exact) mass is 400 g/mol. The van der Waals surface area contributed by atoms with Crippen molar-refractivity contribution in [2.75, 3.05) is 13.1 Å². The third-order valence-electron chi connectivity index (χ3n) is 3.90. The number of benzene rings is 1. The highest BCUT2D eigenvalue weighted by molar-refractivity contribution is 9.10. The normalized spacial score (nSPS) is 19.0. The summed E-state index contributed by atoms with van der Waals surface area (Å²) in [5.41, 5.74) is 0.531. The maximum Gasteiger partial charge on any atom is 0.410 e. The Morgan fingerprint density at radius 2 is 2.17 bits per heavy atom. The van der Waals surface area contributed by atoms with Crippen LogP contribution in [0.15, 0.2) is 22.7 Å². The summed E-state index contributed by atoms with van der Waals surface area (Å²) in [5, 5.41) is 3.48. The smallest absolute Gasteiger partial charge is 0.410 e. The molecule has 0 spiro atoms. The Balaban J connectivity index is 1.92. The van der Waals surface area contributed by atoms with Gasteiger partial charge in [-0.05, 0) is 67.2 Å². The third-order valence-corrected chi connectivity index (χ3v) is 4.51. The van der Waals surface area contributed by atoms with Crippen molar-refractivity contribution < 1.29 is 13.9 Å². The standard InChI is InChI=1S/C18H26BrFN2O2/c1-18(2,3)24-17(23)22-9-5-4-6-14(12-22)21-11-13-7-8-16(20)15(19)10-13/h7-8,10,14,21H,4-6,9,11-12H2,1-3H3. The number of halogens is 2. The highest BCUT2D eigenvalue weighted by Crippen LogP contribution is 2.18. The number of hydrogen-bond acceptors (Lipinski definition) is 3. The van der Waals surface area contributed by atoms with Crippen LogP contribution in [0.3, 0.4) is 0 Å².